The van der Waals surface area contributed by atoms with Gasteiger partial charge in [0.1, 0.15) is 18.0 Å². The second-order valence-electron chi connectivity index (χ2n) is 6.18. The number of anilines is 1. The van der Waals surface area contributed by atoms with Crippen LogP contribution >= 0.6 is 15.9 Å². The maximum absolute atomic E-state index is 12.6. The fraction of sp³-hybridized carbons (Fsp3) is 0.263. The Kier molecular flexibility index (Phi) is 4.55. The van der Waals surface area contributed by atoms with Crippen molar-refractivity contribution in [2.24, 2.45) is 0 Å². The molecule has 26 heavy (non-hydrogen) atoms. The molecule has 0 saturated carbocycles. The Labute approximate surface area is 159 Å². The van der Waals surface area contributed by atoms with Crippen LogP contribution in [0.25, 0.3) is 0 Å². The zero-order valence-electron chi connectivity index (χ0n) is 13.9. The molecule has 0 spiro atoms. The standard InChI is InChI=1S/C19H17BrN2O4/c20-12-5-6-15-17(9-12)26-11-19(24)22(15)10-18(23)21-14-7-8-25-16-4-2-1-3-13(14)16/h1-6,9,14H,7-8,10-11H2,(H,21,23). The van der Waals surface area contributed by atoms with Crippen molar-refractivity contribution in [2.45, 2.75) is 12.5 Å². The highest BCUT2D eigenvalue weighted by atomic mass is 79.9. The van der Waals surface area contributed by atoms with E-state index >= 15 is 0 Å². The lowest BCUT2D eigenvalue weighted by atomic mass is 10.0. The average molecular weight is 417 g/mol. The lowest BCUT2D eigenvalue weighted by molar-refractivity contribution is -0.125. The van der Waals surface area contributed by atoms with Gasteiger partial charge in [0, 0.05) is 16.5 Å². The van der Waals surface area contributed by atoms with Gasteiger partial charge in [-0.1, -0.05) is 34.1 Å². The number of nitrogens with one attached hydrogen (secondary N) is 1. The molecule has 7 heteroatoms. The SMILES string of the molecule is O=C(CN1C(=O)COc2cc(Br)ccc21)NC1CCOc2ccccc21. The number of benzene rings is 2. The Morgan fingerprint density at radius 1 is 1.19 bits per heavy atom. The fourth-order valence-electron chi connectivity index (χ4n) is 3.23. The molecule has 2 aromatic carbocycles. The molecule has 6 nitrogen and oxygen atoms in total. The molecule has 0 saturated heterocycles. The van der Waals surface area contributed by atoms with Crippen LogP contribution in [0, 0.1) is 0 Å². The summed E-state index contributed by atoms with van der Waals surface area (Å²) in [5.74, 6) is 0.933. The predicted molar refractivity (Wildman–Crippen MR) is 99.4 cm³/mol. The van der Waals surface area contributed by atoms with Gasteiger partial charge in [-0.3, -0.25) is 14.5 Å². The molecule has 0 bridgehead atoms. The van der Waals surface area contributed by atoms with E-state index < -0.39 is 0 Å². The molecule has 134 valence electrons. The third-order valence-corrected chi connectivity index (χ3v) is 4.95. The molecule has 0 fully saturated rings. The number of fused-ring (bicyclic) bond motifs is 2. The van der Waals surface area contributed by atoms with Crippen LogP contribution < -0.4 is 19.7 Å². The Morgan fingerprint density at radius 2 is 2.04 bits per heavy atom. The van der Waals surface area contributed by atoms with E-state index in [1.165, 1.54) is 4.90 Å². The summed E-state index contributed by atoms with van der Waals surface area (Å²) in [7, 11) is 0. The van der Waals surface area contributed by atoms with Gasteiger partial charge in [0.15, 0.2) is 6.61 Å². The van der Waals surface area contributed by atoms with Gasteiger partial charge in [-0.05, 0) is 24.3 Å². The molecular formula is C19H17BrN2O4. The molecule has 1 unspecified atom stereocenters. The van der Waals surface area contributed by atoms with E-state index in [1.807, 2.05) is 30.3 Å². The number of halogens is 1. The second kappa shape index (κ2) is 6.99. The predicted octanol–water partition coefficient (Wildman–Crippen LogP) is 2.81. The van der Waals surface area contributed by atoms with Gasteiger partial charge in [-0.15, -0.1) is 0 Å². The maximum Gasteiger partial charge on any atom is 0.265 e. The van der Waals surface area contributed by atoms with Gasteiger partial charge in [0.05, 0.1) is 18.3 Å². The third-order valence-electron chi connectivity index (χ3n) is 4.46. The summed E-state index contributed by atoms with van der Waals surface area (Å²) in [5.41, 5.74) is 1.57. The zero-order valence-corrected chi connectivity index (χ0v) is 15.5. The molecule has 2 aliphatic rings. The number of ether oxygens (including phenoxy) is 2. The van der Waals surface area contributed by atoms with Crippen LogP contribution in [0.1, 0.15) is 18.0 Å². The van der Waals surface area contributed by atoms with Crippen molar-refractivity contribution in [3.63, 3.8) is 0 Å². The molecule has 2 amide bonds. The van der Waals surface area contributed by atoms with E-state index in [4.69, 9.17) is 9.47 Å². The number of rotatable bonds is 3. The Morgan fingerprint density at radius 3 is 2.92 bits per heavy atom. The third kappa shape index (κ3) is 3.26. The van der Waals surface area contributed by atoms with Crippen LogP contribution in [-0.4, -0.2) is 31.6 Å². The minimum atomic E-state index is -0.234. The lowest BCUT2D eigenvalue weighted by Gasteiger charge is -2.31. The van der Waals surface area contributed by atoms with Crippen molar-refractivity contribution in [1.82, 2.24) is 5.32 Å². The summed E-state index contributed by atoms with van der Waals surface area (Å²) < 4.78 is 11.9. The molecule has 0 aliphatic carbocycles. The van der Waals surface area contributed by atoms with Gasteiger partial charge in [0.2, 0.25) is 5.91 Å². The number of nitrogens with zero attached hydrogens (tertiary/aromatic N) is 1. The Balaban J connectivity index is 1.50. The van der Waals surface area contributed by atoms with E-state index in [0.29, 0.717) is 24.5 Å². The maximum atomic E-state index is 12.6. The second-order valence-corrected chi connectivity index (χ2v) is 7.09. The quantitative estimate of drug-likeness (QED) is 0.834. The van der Waals surface area contributed by atoms with E-state index in [1.54, 1.807) is 12.1 Å². The number of carbonyl (C=O) groups is 2. The summed E-state index contributed by atoms with van der Waals surface area (Å²) in [4.78, 5) is 26.3. The molecule has 0 aromatic heterocycles. The van der Waals surface area contributed by atoms with Crippen LogP contribution in [0.2, 0.25) is 0 Å². The highest BCUT2D eigenvalue weighted by molar-refractivity contribution is 9.10. The molecule has 1 atom stereocenters. The zero-order chi connectivity index (χ0) is 18.1. The molecule has 2 heterocycles. The van der Waals surface area contributed by atoms with Crippen LogP contribution in [0.4, 0.5) is 5.69 Å². The highest BCUT2D eigenvalue weighted by Gasteiger charge is 2.29. The van der Waals surface area contributed by atoms with Crippen LogP contribution in [0.3, 0.4) is 0 Å². The molecule has 1 N–H and O–H groups in total. The van der Waals surface area contributed by atoms with Crippen molar-refractivity contribution in [2.75, 3.05) is 24.7 Å². The van der Waals surface area contributed by atoms with Crippen LogP contribution in [-0.2, 0) is 9.59 Å². The molecule has 2 aliphatic heterocycles. The van der Waals surface area contributed by atoms with Gasteiger partial charge < -0.3 is 14.8 Å². The van der Waals surface area contributed by atoms with E-state index in [9.17, 15) is 9.59 Å². The fourth-order valence-corrected chi connectivity index (χ4v) is 3.57. The number of para-hydroxylation sites is 1. The normalized spacial score (nSPS) is 18.3. The summed E-state index contributed by atoms with van der Waals surface area (Å²) in [5, 5.41) is 3.02. The summed E-state index contributed by atoms with van der Waals surface area (Å²) in [6, 6.07) is 12.9. The summed E-state index contributed by atoms with van der Waals surface area (Å²) in [6.45, 7) is 0.433. The number of hydrogen-bond donors (Lipinski definition) is 1. The summed E-state index contributed by atoms with van der Waals surface area (Å²) >= 11 is 3.38. The van der Waals surface area contributed by atoms with Crippen molar-refractivity contribution in [1.29, 1.82) is 0 Å². The number of carbonyl (C=O) groups excluding carboxylic acids is 2. The monoisotopic (exact) mass is 416 g/mol. The Hall–Kier alpha value is -2.54. The first-order valence-electron chi connectivity index (χ1n) is 8.35. The van der Waals surface area contributed by atoms with Crippen molar-refractivity contribution in [3.8, 4) is 11.5 Å². The van der Waals surface area contributed by atoms with Gasteiger partial charge in [0.25, 0.3) is 5.91 Å². The molecule has 2 aromatic rings. The van der Waals surface area contributed by atoms with E-state index in [0.717, 1.165) is 15.8 Å². The van der Waals surface area contributed by atoms with Gasteiger partial charge in [-0.25, -0.2) is 0 Å². The van der Waals surface area contributed by atoms with Gasteiger partial charge in [-0.2, -0.15) is 0 Å². The van der Waals surface area contributed by atoms with E-state index in [2.05, 4.69) is 21.2 Å². The molecule has 4 rings (SSSR count). The van der Waals surface area contributed by atoms with Gasteiger partial charge >= 0.3 is 0 Å². The van der Waals surface area contributed by atoms with Crippen LogP contribution in [0.15, 0.2) is 46.9 Å². The smallest absolute Gasteiger partial charge is 0.265 e. The van der Waals surface area contributed by atoms with Crippen molar-refractivity contribution >= 4 is 33.4 Å². The highest BCUT2D eigenvalue weighted by Crippen LogP contribution is 2.35. The number of amides is 2. The molecule has 0 radical (unpaired) electrons. The van der Waals surface area contributed by atoms with Crippen molar-refractivity contribution in [3.05, 3.63) is 52.5 Å². The minimum absolute atomic E-state index is 0.0453. The first-order valence-corrected chi connectivity index (χ1v) is 9.15. The largest absolute Gasteiger partial charge is 0.493 e. The minimum Gasteiger partial charge on any atom is -0.493 e. The van der Waals surface area contributed by atoms with E-state index in [-0.39, 0.29) is 31.0 Å². The molecular weight excluding hydrogens is 400 g/mol. The Bertz CT molecular complexity index is 870. The topological polar surface area (TPSA) is 67.9 Å². The van der Waals surface area contributed by atoms with Crippen LogP contribution in [0.5, 0.6) is 11.5 Å². The number of hydrogen-bond acceptors (Lipinski definition) is 4. The first kappa shape index (κ1) is 16.9. The lowest BCUT2D eigenvalue weighted by Crippen LogP contribution is -2.46. The van der Waals surface area contributed by atoms with Crippen molar-refractivity contribution < 1.29 is 19.1 Å². The average Bonchev–Trinajstić information content (AvgIpc) is 2.64. The first-order chi connectivity index (χ1) is 12.6. The summed E-state index contributed by atoms with van der Waals surface area (Å²) in [6.07, 6.45) is 0.698.